The quantitative estimate of drug-likeness (QED) is 0.232. The highest BCUT2D eigenvalue weighted by Gasteiger charge is 2.31. The summed E-state index contributed by atoms with van der Waals surface area (Å²) in [6.45, 7) is 3.38. The van der Waals surface area contributed by atoms with E-state index in [9.17, 15) is 18.4 Å². The number of carbonyl (C=O) groups excluding carboxylic acids is 2. The average Bonchev–Trinajstić information content (AvgIpc) is 3.66. The van der Waals surface area contributed by atoms with Crippen molar-refractivity contribution in [3.05, 3.63) is 76.5 Å². The first-order chi connectivity index (χ1) is 24.6. The topological polar surface area (TPSA) is 130 Å². The van der Waals surface area contributed by atoms with E-state index in [2.05, 4.69) is 16.0 Å². The van der Waals surface area contributed by atoms with Crippen LogP contribution in [0.15, 0.2) is 48.5 Å². The van der Waals surface area contributed by atoms with Crippen molar-refractivity contribution in [3.8, 4) is 17.3 Å². The Kier molecular flexibility index (Phi) is 9.51. The molecular formula is C38H43F2N7O4. The number of carbonyl (C=O) groups is 2. The molecule has 2 aromatic carbocycles. The molecular weight excluding hydrogens is 656 g/mol. The van der Waals surface area contributed by atoms with Crippen LogP contribution in [0, 0.1) is 0 Å². The van der Waals surface area contributed by atoms with Gasteiger partial charge in [0, 0.05) is 56.3 Å². The van der Waals surface area contributed by atoms with E-state index in [4.69, 9.17) is 25.2 Å². The van der Waals surface area contributed by atoms with E-state index in [1.54, 1.807) is 50.3 Å². The molecule has 3 atom stereocenters. The Morgan fingerprint density at radius 1 is 1.06 bits per heavy atom. The van der Waals surface area contributed by atoms with E-state index in [1.165, 1.54) is 6.07 Å². The molecule has 51 heavy (non-hydrogen) atoms. The number of aryl methyl sites for hydroxylation is 3. The summed E-state index contributed by atoms with van der Waals surface area (Å²) in [5.74, 6) is 0.551. The van der Waals surface area contributed by atoms with Gasteiger partial charge in [-0.05, 0) is 68.5 Å². The predicted molar refractivity (Wildman–Crippen MR) is 190 cm³/mol. The number of fused-ring (bicyclic) bond motifs is 3. The number of nitrogens with zero attached hydrogens (tertiary/aromatic N) is 5. The number of ether oxygens (including phenoxy) is 2. The maximum Gasteiger partial charge on any atom is 0.264 e. The molecule has 5 heterocycles. The average molecular weight is 700 g/mol. The second-order valence-corrected chi connectivity index (χ2v) is 13.5. The smallest absolute Gasteiger partial charge is 0.264 e. The van der Waals surface area contributed by atoms with E-state index < -0.39 is 18.4 Å². The maximum atomic E-state index is 14.0. The number of benzene rings is 2. The Labute approximate surface area is 294 Å². The number of alkyl halides is 2. The monoisotopic (exact) mass is 699 g/mol. The van der Waals surface area contributed by atoms with Crippen molar-refractivity contribution in [2.45, 2.75) is 70.2 Å². The Morgan fingerprint density at radius 2 is 1.88 bits per heavy atom. The summed E-state index contributed by atoms with van der Waals surface area (Å²) in [7, 11) is 5.15. The molecule has 1 fully saturated rings. The molecule has 0 radical (unpaired) electrons. The summed E-state index contributed by atoms with van der Waals surface area (Å²) >= 11 is 0. The van der Waals surface area contributed by atoms with Crippen LogP contribution in [-0.4, -0.2) is 75.3 Å². The van der Waals surface area contributed by atoms with Crippen LogP contribution in [0.1, 0.15) is 82.6 Å². The van der Waals surface area contributed by atoms with Gasteiger partial charge in [0.2, 0.25) is 0 Å². The van der Waals surface area contributed by atoms with Crippen molar-refractivity contribution in [1.29, 1.82) is 0 Å². The number of aromatic nitrogens is 4. The van der Waals surface area contributed by atoms with Crippen LogP contribution in [0.4, 0.5) is 8.78 Å². The number of piperidine rings is 1. The van der Waals surface area contributed by atoms with E-state index in [0.29, 0.717) is 66.4 Å². The number of rotatable bonds is 5. The van der Waals surface area contributed by atoms with E-state index in [-0.39, 0.29) is 29.2 Å². The number of hydrogen-bond acceptors (Lipinski definition) is 7. The molecule has 2 aliphatic rings. The van der Waals surface area contributed by atoms with Gasteiger partial charge in [-0.15, -0.1) is 0 Å². The highest BCUT2D eigenvalue weighted by molar-refractivity contribution is 6.00. The van der Waals surface area contributed by atoms with Gasteiger partial charge in [-0.2, -0.15) is 0 Å². The standard InChI is InChI=1S/C38H43F2N7O4/c1-21-27-13-12-23-18-29(47(35(23)43-27)15-7-5-6-9-22-10-8-11-25(34(39)40)32(22)37(48)42-21)36-44-28-17-24(19-31(51-4)33(28)45(36)2)38(49)46-16-14-30(50-3)26(41)20-46/h8,10-13,17-19,21,26,30,34H,5-7,9,14-16,20,41H2,1-4H3,(H,42,48)/t21-,26+,30-/m1/s1. The molecule has 13 heteroatoms. The third-order valence-corrected chi connectivity index (χ3v) is 10.3. The van der Waals surface area contributed by atoms with Gasteiger partial charge in [0.25, 0.3) is 18.2 Å². The summed E-state index contributed by atoms with van der Waals surface area (Å²) < 4.78 is 43.5. The molecule has 1 saturated heterocycles. The number of likely N-dealkylation sites (tertiary alicyclic amines) is 1. The lowest BCUT2D eigenvalue weighted by Crippen LogP contribution is -2.53. The van der Waals surface area contributed by atoms with Gasteiger partial charge in [-0.1, -0.05) is 24.6 Å². The van der Waals surface area contributed by atoms with E-state index in [0.717, 1.165) is 41.5 Å². The zero-order valence-electron chi connectivity index (χ0n) is 29.3. The van der Waals surface area contributed by atoms with Crippen LogP contribution in [0.2, 0.25) is 0 Å². The van der Waals surface area contributed by atoms with Crippen LogP contribution in [-0.2, 0) is 24.8 Å². The largest absolute Gasteiger partial charge is 0.494 e. The molecule has 7 rings (SSSR count). The Hall–Kier alpha value is -4.88. The number of hydrogen-bond donors (Lipinski definition) is 2. The second-order valence-electron chi connectivity index (χ2n) is 13.5. The molecule has 0 unspecified atom stereocenters. The van der Waals surface area contributed by atoms with Crippen LogP contribution >= 0.6 is 0 Å². The molecule has 2 amide bonds. The molecule has 2 bridgehead atoms. The number of pyridine rings is 1. The summed E-state index contributed by atoms with van der Waals surface area (Å²) in [6, 6.07) is 13.3. The lowest BCUT2D eigenvalue weighted by molar-refractivity contribution is 0.0227. The lowest BCUT2D eigenvalue weighted by atomic mass is 9.95. The first kappa shape index (κ1) is 34.6. The van der Waals surface area contributed by atoms with Crippen LogP contribution in [0.25, 0.3) is 33.6 Å². The van der Waals surface area contributed by atoms with Gasteiger partial charge in [-0.25, -0.2) is 18.7 Å². The fourth-order valence-corrected chi connectivity index (χ4v) is 7.63. The van der Waals surface area contributed by atoms with Crippen molar-refractivity contribution in [1.82, 2.24) is 29.3 Å². The summed E-state index contributed by atoms with van der Waals surface area (Å²) in [4.78, 5) is 39.0. The van der Waals surface area contributed by atoms with Gasteiger partial charge in [-0.3, -0.25) is 9.59 Å². The van der Waals surface area contributed by atoms with Gasteiger partial charge >= 0.3 is 0 Å². The van der Waals surface area contributed by atoms with E-state index in [1.807, 2.05) is 23.7 Å². The first-order valence-corrected chi connectivity index (χ1v) is 17.4. The molecule has 268 valence electrons. The van der Waals surface area contributed by atoms with Crippen LogP contribution < -0.4 is 15.8 Å². The lowest BCUT2D eigenvalue weighted by Gasteiger charge is -2.36. The summed E-state index contributed by atoms with van der Waals surface area (Å²) in [5.41, 5.74) is 10.8. The van der Waals surface area contributed by atoms with Gasteiger partial charge in [0.15, 0.2) is 5.82 Å². The maximum absolute atomic E-state index is 14.0. The Balaban J connectivity index is 1.27. The van der Waals surface area contributed by atoms with Crippen LogP contribution in [0.3, 0.4) is 0 Å². The number of imidazole rings is 1. The molecule has 3 aromatic heterocycles. The van der Waals surface area contributed by atoms with Gasteiger partial charge < -0.3 is 34.6 Å². The third-order valence-electron chi connectivity index (χ3n) is 10.3. The Morgan fingerprint density at radius 3 is 2.63 bits per heavy atom. The van der Waals surface area contributed by atoms with Crippen molar-refractivity contribution >= 4 is 33.9 Å². The van der Waals surface area contributed by atoms with Crippen molar-refractivity contribution in [3.63, 3.8) is 0 Å². The zero-order chi connectivity index (χ0) is 36.0. The third kappa shape index (κ3) is 6.33. The molecule has 0 aliphatic carbocycles. The second kappa shape index (κ2) is 14.0. The van der Waals surface area contributed by atoms with Gasteiger partial charge in [0.05, 0.1) is 41.7 Å². The first-order valence-electron chi connectivity index (χ1n) is 17.4. The molecule has 3 N–H and O–H groups in total. The number of methoxy groups -OCH3 is 2. The minimum Gasteiger partial charge on any atom is -0.494 e. The van der Waals surface area contributed by atoms with Gasteiger partial charge in [0.1, 0.15) is 16.9 Å². The molecule has 0 spiro atoms. The number of nitrogens with two attached hydrogens (primary N) is 1. The van der Waals surface area contributed by atoms with Crippen molar-refractivity contribution < 1.29 is 27.8 Å². The Bertz CT molecular complexity index is 2130. The van der Waals surface area contributed by atoms with Crippen molar-refractivity contribution in [2.24, 2.45) is 12.8 Å². The highest BCUT2D eigenvalue weighted by atomic mass is 19.3. The number of nitrogens with one attached hydrogen (secondary N) is 1. The van der Waals surface area contributed by atoms with Crippen molar-refractivity contribution in [2.75, 3.05) is 27.3 Å². The zero-order valence-corrected chi connectivity index (χ0v) is 29.3. The normalized spacial score (nSPS) is 20.1. The molecule has 0 saturated carbocycles. The predicted octanol–water partition coefficient (Wildman–Crippen LogP) is 5.94. The molecule has 2 aliphatic heterocycles. The van der Waals surface area contributed by atoms with E-state index >= 15 is 0 Å². The van der Waals surface area contributed by atoms with Crippen LogP contribution in [0.5, 0.6) is 5.75 Å². The number of amides is 2. The molecule has 11 nitrogen and oxygen atoms in total. The SMILES string of the molecule is COc1cc(C(=O)N2CC[C@@H](OC)[C@@H](N)C2)cc2nc(-c3cc4ccc5nc4n3CCCCCc3cccc(C(F)F)c3C(=O)N[C@@H]5C)n(C)c12. The fourth-order valence-electron chi connectivity index (χ4n) is 7.63. The molecule has 5 aromatic rings. The number of halogens is 2. The fraction of sp³-hybridized carbons (Fsp3) is 0.421. The highest BCUT2D eigenvalue weighted by Crippen LogP contribution is 2.35. The minimum atomic E-state index is -2.76. The summed E-state index contributed by atoms with van der Waals surface area (Å²) in [5, 5.41) is 3.83. The summed E-state index contributed by atoms with van der Waals surface area (Å²) in [6.07, 6.45) is 0.655. The minimum absolute atomic E-state index is 0.0597.